The summed E-state index contributed by atoms with van der Waals surface area (Å²) in [5, 5.41) is 10.6. The van der Waals surface area contributed by atoms with Crippen LogP contribution in [0.4, 0.5) is 0 Å². The first-order valence-corrected chi connectivity index (χ1v) is 7.82. The standard InChI is InChI=1S/C15H23NOS/c16-11-10-15(17)12-6-8-14(9-7-12)18-13-4-2-1-3-5-13/h6-9,13,15,17H,1-5,10-11,16H2. The zero-order valence-electron chi connectivity index (χ0n) is 10.8. The maximum atomic E-state index is 9.85. The van der Waals surface area contributed by atoms with Crippen LogP contribution < -0.4 is 5.73 Å². The van der Waals surface area contributed by atoms with Gasteiger partial charge in [0, 0.05) is 10.1 Å². The molecule has 1 unspecified atom stereocenters. The van der Waals surface area contributed by atoms with Gasteiger partial charge in [-0.25, -0.2) is 0 Å². The Labute approximate surface area is 114 Å². The lowest BCUT2D eigenvalue weighted by atomic mass is 10.0. The van der Waals surface area contributed by atoms with Crippen molar-refractivity contribution in [2.75, 3.05) is 6.54 Å². The highest BCUT2D eigenvalue weighted by atomic mass is 32.2. The molecule has 0 radical (unpaired) electrons. The molecule has 1 atom stereocenters. The summed E-state index contributed by atoms with van der Waals surface area (Å²) in [6, 6.07) is 8.33. The number of nitrogens with two attached hydrogens (primary N) is 1. The molecule has 0 bridgehead atoms. The summed E-state index contributed by atoms with van der Waals surface area (Å²) in [6.07, 6.45) is 7.08. The van der Waals surface area contributed by atoms with Crippen molar-refractivity contribution in [2.24, 2.45) is 5.73 Å². The van der Waals surface area contributed by atoms with Gasteiger partial charge in [-0.3, -0.25) is 0 Å². The average molecular weight is 265 g/mol. The number of benzene rings is 1. The third kappa shape index (κ3) is 4.01. The zero-order valence-corrected chi connectivity index (χ0v) is 11.7. The molecule has 0 aliphatic heterocycles. The van der Waals surface area contributed by atoms with Gasteiger partial charge < -0.3 is 10.8 Å². The van der Waals surface area contributed by atoms with Crippen molar-refractivity contribution < 1.29 is 5.11 Å². The van der Waals surface area contributed by atoms with Crippen molar-refractivity contribution in [1.82, 2.24) is 0 Å². The maximum absolute atomic E-state index is 9.85. The van der Waals surface area contributed by atoms with Crippen molar-refractivity contribution in [3.05, 3.63) is 29.8 Å². The van der Waals surface area contributed by atoms with E-state index in [4.69, 9.17) is 5.73 Å². The fourth-order valence-electron chi connectivity index (χ4n) is 2.47. The average Bonchev–Trinajstić information content (AvgIpc) is 2.41. The molecule has 0 amide bonds. The molecule has 1 saturated carbocycles. The SMILES string of the molecule is NCCC(O)c1ccc(SC2CCCCC2)cc1. The Morgan fingerprint density at radius 2 is 1.83 bits per heavy atom. The molecule has 0 heterocycles. The van der Waals surface area contributed by atoms with E-state index in [-0.39, 0.29) is 0 Å². The van der Waals surface area contributed by atoms with Crippen LogP contribution in [0.25, 0.3) is 0 Å². The Morgan fingerprint density at radius 1 is 1.17 bits per heavy atom. The third-order valence-electron chi connectivity index (χ3n) is 3.56. The van der Waals surface area contributed by atoms with Gasteiger partial charge >= 0.3 is 0 Å². The molecule has 2 rings (SSSR count). The van der Waals surface area contributed by atoms with E-state index in [9.17, 15) is 5.11 Å². The molecule has 1 fully saturated rings. The molecule has 1 aliphatic carbocycles. The van der Waals surface area contributed by atoms with E-state index < -0.39 is 6.10 Å². The Kier molecular flexibility index (Phi) is 5.54. The van der Waals surface area contributed by atoms with E-state index in [1.807, 2.05) is 23.9 Å². The van der Waals surface area contributed by atoms with E-state index in [0.717, 1.165) is 10.8 Å². The number of hydrogen-bond donors (Lipinski definition) is 2. The van der Waals surface area contributed by atoms with Gasteiger partial charge in [0.2, 0.25) is 0 Å². The second-order valence-corrected chi connectivity index (χ2v) is 6.41. The van der Waals surface area contributed by atoms with E-state index in [1.165, 1.54) is 37.0 Å². The third-order valence-corrected chi connectivity index (χ3v) is 4.91. The summed E-state index contributed by atoms with van der Waals surface area (Å²) in [4.78, 5) is 1.32. The second kappa shape index (κ2) is 7.17. The van der Waals surface area contributed by atoms with Crippen LogP contribution in [0.15, 0.2) is 29.2 Å². The minimum absolute atomic E-state index is 0.413. The van der Waals surface area contributed by atoms with E-state index in [1.54, 1.807) is 0 Å². The normalized spacial score (nSPS) is 18.8. The highest BCUT2D eigenvalue weighted by Gasteiger charge is 2.14. The Balaban J connectivity index is 1.90. The predicted octanol–water partition coefficient (Wildman–Crippen LogP) is 3.49. The molecule has 0 aromatic heterocycles. The van der Waals surface area contributed by atoms with E-state index >= 15 is 0 Å². The van der Waals surface area contributed by atoms with Crippen LogP contribution in [0.5, 0.6) is 0 Å². The summed E-state index contributed by atoms with van der Waals surface area (Å²) in [5.74, 6) is 0. The summed E-state index contributed by atoms with van der Waals surface area (Å²) in [6.45, 7) is 0.528. The van der Waals surface area contributed by atoms with Crippen LogP contribution in [0.1, 0.15) is 50.2 Å². The molecule has 3 heteroatoms. The van der Waals surface area contributed by atoms with Crippen molar-refractivity contribution >= 4 is 11.8 Å². The van der Waals surface area contributed by atoms with Gasteiger partial charge in [-0.15, -0.1) is 11.8 Å². The van der Waals surface area contributed by atoms with Crippen LogP contribution >= 0.6 is 11.8 Å². The van der Waals surface area contributed by atoms with Crippen LogP contribution in [0.3, 0.4) is 0 Å². The zero-order chi connectivity index (χ0) is 12.8. The summed E-state index contributed by atoms with van der Waals surface area (Å²) in [5.41, 5.74) is 6.44. The molecular formula is C15H23NOS. The molecule has 18 heavy (non-hydrogen) atoms. The van der Waals surface area contributed by atoms with Crippen molar-refractivity contribution in [3.8, 4) is 0 Å². The lowest BCUT2D eigenvalue weighted by Crippen LogP contribution is -2.08. The first-order valence-electron chi connectivity index (χ1n) is 6.94. The van der Waals surface area contributed by atoms with Gasteiger partial charge in [0.05, 0.1) is 6.10 Å². The number of rotatable bonds is 5. The largest absolute Gasteiger partial charge is 0.388 e. The molecule has 2 nitrogen and oxygen atoms in total. The van der Waals surface area contributed by atoms with Gasteiger partial charge in [0.1, 0.15) is 0 Å². The Hall–Kier alpha value is -0.510. The minimum atomic E-state index is -0.413. The molecule has 100 valence electrons. The van der Waals surface area contributed by atoms with Gasteiger partial charge in [-0.05, 0) is 43.5 Å². The summed E-state index contributed by atoms with van der Waals surface area (Å²) < 4.78 is 0. The smallest absolute Gasteiger partial charge is 0.0802 e. The lowest BCUT2D eigenvalue weighted by Gasteiger charge is -2.21. The Bertz CT molecular complexity index is 346. The van der Waals surface area contributed by atoms with Crippen LogP contribution in [-0.2, 0) is 0 Å². The molecule has 1 aliphatic rings. The fraction of sp³-hybridized carbons (Fsp3) is 0.600. The highest BCUT2D eigenvalue weighted by molar-refractivity contribution is 8.00. The topological polar surface area (TPSA) is 46.2 Å². The number of thioether (sulfide) groups is 1. The predicted molar refractivity (Wildman–Crippen MR) is 77.8 cm³/mol. The number of aliphatic hydroxyl groups excluding tert-OH is 1. The quantitative estimate of drug-likeness (QED) is 0.856. The van der Waals surface area contributed by atoms with Crippen molar-refractivity contribution in [1.29, 1.82) is 0 Å². The van der Waals surface area contributed by atoms with Gasteiger partial charge in [-0.2, -0.15) is 0 Å². The molecule has 1 aromatic carbocycles. The summed E-state index contributed by atoms with van der Waals surface area (Å²) >= 11 is 1.99. The lowest BCUT2D eigenvalue weighted by molar-refractivity contribution is 0.170. The van der Waals surface area contributed by atoms with E-state index in [2.05, 4.69) is 12.1 Å². The van der Waals surface area contributed by atoms with Crippen molar-refractivity contribution in [3.63, 3.8) is 0 Å². The van der Waals surface area contributed by atoms with Gasteiger partial charge in [0.25, 0.3) is 0 Å². The maximum Gasteiger partial charge on any atom is 0.0802 e. The minimum Gasteiger partial charge on any atom is -0.388 e. The molecule has 3 N–H and O–H groups in total. The molecule has 0 spiro atoms. The van der Waals surface area contributed by atoms with Gasteiger partial charge in [-0.1, -0.05) is 31.4 Å². The molecule has 0 saturated heterocycles. The fourth-order valence-corrected chi connectivity index (χ4v) is 3.72. The van der Waals surface area contributed by atoms with E-state index in [0.29, 0.717) is 13.0 Å². The first-order chi connectivity index (χ1) is 8.79. The van der Waals surface area contributed by atoms with Crippen LogP contribution in [0.2, 0.25) is 0 Å². The molecular weight excluding hydrogens is 242 g/mol. The van der Waals surface area contributed by atoms with Gasteiger partial charge in [0.15, 0.2) is 0 Å². The monoisotopic (exact) mass is 265 g/mol. The number of aliphatic hydroxyl groups is 1. The summed E-state index contributed by atoms with van der Waals surface area (Å²) in [7, 11) is 0. The highest BCUT2D eigenvalue weighted by Crippen LogP contribution is 2.34. The Morgan fingerprint density at radius 3 is 2.44 bits per heavy atom. The van der Waals surface area contributed by atoms with Crippen molar-refractivity contribution in [2.45, 2.75) is 54.8 Å². The first kappa shape index (κ1) is 13.9. The van der Waals surface area contributed by atoms with Crippen LogP contribution in [0, 0.1) is 0 Å². The van der Waals surface area contributed by atoms with Crippen LogP contribution in [-0.4, -0.2) is 16.9 Å². The number of hydrogen-bond acceptors (Lipinski definition) is 3. The molecule has 1 aromatic rings. The second-order valence-electron chi connectivity index (χ2n) is 5.04.